The molecule has 2 rings (SSSR count). The molecule has 8 heteroatoms. The zero-order valence-electron chi connectivity index (χ0n) is 17.1. The van der Waals surface area contributed by atoms with Gasteiger partial charge in [0.1, 0.15) is 23.8 Å². The molecule has 0 atom stereocenters. The van der Waals surface area contributed by atoms with Crippen LogP contribution in [-0.2, 0) is 9.47 Å². The third-order valence-electron chi connectivity index (χ3n) is 4.16. The third kappa shape index (κ3) is 9.04. The number of amides is 1. The average molecular weight is 430 g/mol. The topological polar surface area (TPSA) is 56.8 Å². The van der Waals surface area contributed by atoms with Crippen LogP contribution in [0.25, 0.3) is 0 Å². The van der Waals surface area contributed by atoms with Crippen molar-refractivity contribution in [3.63, 3.8) is 0 Å². The second kappa shape index (κ2) is 11.4. The predicted molar refractivity (Wildman–Crippen MR) is 110 cm³/mol. The Bertz CT molecular complexity index is 700. The van der Waals surface area contributed by atoms with Gasteiger partial charge in [-0.3, -0.25) is 0 Å². The summed E-state index contributed by atoms with van der Waals surface area (Å²) in [6.07, 6.45) is 1.73. The highest BCUT2D eigenvalue weighted by Crippen LogP contribution is 2.29. The Labute approximate surface area is 175 Å². The monoisotopic (exact) mass is 429 g/mol. The highest BCUT2D eigenvalue weighted by molar-refractivity contribution is 7.99. The molecule has 1 saturated heterocycles. The summed E-state index contributed by atoms with van der Waals surface area (Å²) in [4.78, 5) is 12.2. The average Bonchev–Trinajstić information content (AvgIpc) is 2.67. The van der Waals surface area contributed by atoms with Gasteiger partial charge in [-0.2, -0.15) is 0 Å². The maximum Gasteiger partial charge on any atom is 0.407 e. The molecular formula is C21H29F2NO4S. The number of rotatable bonds is 8. The molecule has 0 saturated carbocycles. The van der Waals surface area contributed by atoms with Gasteiger partial charge in [-0.25, -0.2) is 13.6 Å². The van der Waals surface area contributed by atoms with Gasteiger partial charge < -0.3 is 19.5 Å². The van der Waals surface area contributed by atoms with Gasteiger partial charge in [-0.15, -0.1) is 11.8 Å². The minimum Gasteiger partial charge on any atom is -0.489 e. The summed E-state index contributed by atoms with van der Waals surface area (Å²) in [6.45, 7) is 6.58. The largest absolute Gasteiger partial charge is 0.489 e. The Morgan fingerprint density at radius 2 is 2.07 bits per heavy atom. The third-order valence-corrected chi connectivity index (χ3v) is 5.44. The summed E-state index contributed by atoms with van der Waals surface area (Å²) in [6, 6.07) is 4.63. The van der Waals surface area contributed by atoms with Crippen LogP contribution in [0.2, 0.25) is 0 Å². The second-order valence-electron chi connectivity index (χ2n) is 7.87. The molecule has 0 aromatic heterocycles. The van der Waals surface area contributed by atoms with Gasteiger partial charge in [-0.1, -0.05) is 0 Å². The van der Waals surface area contributed by atoms with Gasteiger partial charge in [0.05, 0.1) is 6.33 Å². The summed E-state index contributed by atoms with van der Waals surface area (Å²) in [5.41, 5.74) is -0.434. The molecule has 5 nitrogen and oxygen atoms in total. The number of carbonyl (C=O) groups is 1. The van der Waals surface area contributed by atoms with E-state index in [1.54, 1.807) is 32.9 Å². The van der Waals surface area contributed by atoms with E-state index >= 15 is 0 Å². The molecule has 0 unspecified atom stereocenters. The van der Waals surface area contributed by atoms with E-state index in [1.807, 2.05) is 0 Å². The van der Waals surface area contributed by atoms with Crippen molar-refractivity contribution in [2.24, 2.45) is 5.92 Å². The van der Waals surface area contributed by atoms with E-state index in [1.165, 1.54) is 17.8 Å². The van der Waals surface area contributed by atoms with Crippen LogP contribution in [0.15, 0.2) is 35.0 Å². The summed E-state index contributed by atoms with van der Waals surface area (Å²) in [5, 5.41) is 2.46. The first kappa shape index (κ1) is 23.5. The Hall–Kier alpha value is -1.80. The first-order valence-electron chi connectivity index (χ1n) is 9.64. The number of thioether (sulfide) groups is 1. The van der Waals surface area contributed by atoms with E-state index in [-0.39, 0.29) is 24.5 Å². The van der Waals surface area contributed by atoms with Crippen LogP contribution in [0.4, 0.5) is 13.6 Å². The van der Waals surface area contributed by atoms with Crippen molar-refractivity contribution in [3.8, 4) is 5.75 Å². The molecule has 0 spiro atoms. The number of benzene rings is 1. The van der Waals surface area contributed by atoms with Crippen molar-refractivity contribution >= 4 is 17.9 Å². The van der Waals surface area contributed by atoms with Crippen LogP contribution in [-0.4, -0.2) is 43.8 Å². The SMILES string of the molecule is CC(C)(C)OC(=O)NC/C(=C\F)COc1ccc(SCC2CCOCC2)c(F)c1. The van der Waals surface area contributed by atoms with Crippen LogP contribution in [0.1, 0.15) is 33.6 Å². The fraction of sp³-hybridized carbons (Fsp3) is 0.571. The molecule has 29 heavy (non-hydrogen) atoms. The van der Waals surface area contributed by atoms with Crippen LogP contribution in [0.5, 0.6) is 5.75 Å². The van der Waals surface area contributed by atoms with Crippen molar-refractivity contribution < 1.29 is 27.8 Å². The Morgan fingerprint density at radius 1 is 1.34 bits per heavy atom. The van der Waals surface area contributed by atoms with E-state index in [0.717, 1.165) is 31.8 Å². The lowest BCUT2D eigenvalue weighted by atomic mass is 10.0. The summed E-state index contributed by atoms with van der Waals surface area (Å²) >= 11 is 1.49. The first-order valence-corrected chi connectivity index (χ1v) is 10.6. The molecule has 1 amide bonds. The lowest BCUT2D eigenvalue weighted by molar-refractivity contribution is 0.0531. The smallest absolute Gasteiger partial charge is 0.407 e. The maximum absolute atomic E-state index is 14.3. The van der Waals surface area contributed by atoms with Crippen LogP contribution >= 0.6 is 11.8 Å². The predicted octanol–water partition coefficient (Wildman–Crippen LogP) is 5.10. The van der Waals surface area contributed by atoms with Gasteiger partial charge >= 0.3 is 6.09 Å². The standard InChI is InChI=1S/C21H29F2NO4S/c1-21(2,3)28-20(25)24-12-16(11-22)13-27-17-4-5-19(18(23)10-17)29-14-15-6-8-26-9-7-15/h4-5,10-11,15H,6-9,12-14H2,1-3H3,(H,24,25)/b16-11+. The zero-order valence-corrected chi connectivity index (χ0v) is 18.0. The van der Waals surface area contributed by atoms with Gasteiger partial charge in [0.25, 0.3) is 0 Å². The normalized spacial score (nSPS) is 15.8. The van der Waals surface area contributed by atoms with Crippen LogP contribution in [0, 0.1) is 11.7 Å². The molecule has 1 heterocycles. The molecule has 1 aliphatic rings. The lowest BCUT2D eigenvalue weighted by Gasteiger charge is -2.21. The number of hydrogen-bond donors (Lipinski definition) is 1. The number of nitrogens with one attached hydrogen (secondary N) is 1. The molecular weight excluding hydrogens is 400 g/mol. The molecule has 0 bridgehead atoms. The second-order valence-corrected chi connectivity index (χ2v) is 8.93. The Kier molecular flexibility index (Phi) is 9.23. The van der Waals surface area contributed by atoms with Crippen molar-refractivity contribution in [2.45, 2.75) is 44.1 Å². The maximum atomic E-state index is 14.3. The molecule has 1 aromatic rings. The molecule has 1 aliphatic heterocycles. The first-order chi connectivity index (χ1) is 13.8. The Balaban J connectivity index is 1.78. The van der Waals surface area contributed by atoms with E-state index in [2.05, 4.69) is 5.32 Å². The van der Waals surface area contributed by atoms with Crippen molar-refractivity contribution in [1.29, 1.82) is 0 Å². The van der Waals surface area contributed by atoms with E-state index in [0.29, 0.717) is 22.9 Å². The van der Waals surface area contributed by atoms with Gasteiger partial charge in [0.2, 0.25) is 0 Å². The van der Waals surface area contributed by atoms with E-state index in [9.17, 15) is 13.6 Å². The van der Waals surface area contributed by atoms with Crippen molar-refractivity contribution in [3.05, 3.63) is 35.9 Å². The number of ether oxygens (including phenoxy) is 3. The zero-order chi connectivity index (χ0) is 21.3. The number of halogens is 2. The highest BCUT2D eigenvalue weighted by atomic mass is 32.2. The lowest BCUT2D eigenvalue weighted by Crippen LogP contribution is -2.34. The molecule has 0 aliphatic carbocycles. The number of alkyl carbamates (subject to hydrolysis) is 1. The van der Waals surface area contributed by atoms with Gasteiger partial charge in [0.15, 0.2) is 0 Å². The minimum atomic E-state index is -0.645. The van der Waals surface area contributed by atoms with Crippen molar-refractivity contribution in [2.75, 3.05) is 32.1 Å². The summed E-state index contributed by atoms with van der Waals surface area (Å²) in [7, 11) is 0. The van der Waals surface area contributed by atoms with Gasteiger partial charge in [-0.05, 0) is 51.7 Å². The number of carbonyl (C=O) groups excluding carboxylic acids is 1. The van der Waals surface area contributed by atoms with E-state index < -0.39 is 11.7 Å². The van der Waals surface area contributed by atoms with E-state index in [4.69, 9.17) is 14.2 Å². The fourth-order valence-electron chi connectivity index (χ4n) is 2.61. The molecule has 0 radical (unpaired) electrons. The molecule has 1 fully saturated rings. The van der Waals surface area contributed by atoms with Crippen LogP contribution in [0.3, 0.4) is 0 Å². The highest BCUT2D eigenvalue weighted by Gasteiger charge is 2.17. The molecule has 1 N–H and O–H groups in total. The molecule has 162 valence electrons. The fourth-order valence-corrected chi connectivity index (χ4v) is 3.72. The van der Waals surface area contributed by atoms with Crippen molar-refractivity contribution in [1.82, 2.24) is 5.32 Å². The van der Waals surface area contributed by atoms with Crippen LogP contribution < -0.4 is 10.1 Å². The number of hydrogen-bond acceptors (Lipinski definition) is 5. The molecule has 1 aromatic carbocycles. The summed E-state index contributed by atoms with van der Waals surface area (Å²) < 4.78 is 43.3. The van der Waals surface area contributed by atoms with Gasteiger partial charge in [0, 0.05) is 42.0 Å². The Morgan fingerprint density at radius 3 is 2.69 bits per heavy atom. The minimum absolute atomic E-state index is 0.0626. The quantitative estimate of drug-likeness (QED) is 0.583. The summed E-state index contributed by atoms with van der Waals surface area (Å²) in [5.74, 6) is 1.33.